The molecule has 0 radical (unpaired) electrons. The van der Waals surface area contributed by atoms with Crippen LogP contribution in [0.1, 0.15) is 25.7 Å². The lowest BCUT2D eigenvalue weighted by atomic mass is 10.1. The predicted octanol–water partition coefficient (Wildman–Crippen LogP) is 0.527. The monoisotopic (exact) mass is 173 g/mol. The largest absolute Gasteiger partial charge is 0.395 e. The summed E-state index contributed by atoms with van der Waals surface area (Å²) < 4.78 is 5.56. The first-order valence-electron chi connectivity index (χ1n) is 4.86. The van der Waals surface area contributed by atoms with Gasteiger partial charge in [-0.1, -0.05) is 0 Å². The minimum atomic E-state index is 0.228. The van der Waals surface area contributed by atoms with Crippen LogP contribution in [-0.2, 0) is 4.74 Å². The third-order valence-corrected chi connectivity index (χ3v) is 2.21. The van der Waals surface area contributed by atoms with Crippen molar-refractivity contribution >= 4 is 0 Å². The molecule has 1 unspecified atom stereocenters. The van der Waals surface area contributed by atoms with E-state index in [1.165, 1.54) is 19.3 Å². The van der Waals surface area contributed by atoms with Gasteiger partial charge in [0.15, 0.2) is 0 Å². The van der Waals surface area contributed by atoms with Gasteiger partial charge in [-0.25, -0.2) is 0 Å². The maximum atomic E-state index is 8.51. The molecule has 1 aliphatic rings. The summed E-state index contributed by atoms with van der Waals surface area (Å²) in [7, 11) is 0. The average Bonchev–Trinajstić information content (AvgIpc) is 2.14. The van der Waals surface area contributed by atoms with Crippen molar-refractivity contribution in [3.05, 3.63) is 0 Å². The van der Waals surface area contributed by atoms with Crippen molar-refractivity contribution in [2.45, 2.75) is 31.8 Å². The van der Waals surface area contributed by atoms with Crippen LogP contribution in [0.5, 0.6) is 0 Å². The summed E-state index contributed by atoms with van der Waals surface area (Å²) in [5, 5.41) is 11.7. The molecule has 2 N–H and O–H groups in total. The Labute approximate surface area is 74.1 Å². The molecule has 0 saturated carbocycles. The van der Waals surface area contributed by atoms with Crippen LogP contribution in [0.4, 0.5) is 0 Å². The van der Waals surface area contributed by atoms with Crippen molar-refractivity contribution in [3.63, 3.8) is 0 Å². The second-order valence-corrected chi connectivity index (χ2v) is 3.25. The van der Waals surface area contributed by atoms with Crippen molar-refractivity contribution in [2.75, 3.05) is 26.3 Å². The van der Waals surface area contributed by atoms with Crippen molar-refractivity contribution in [1.29, 1.82) is 0 Å². The first kappa shape index (κ1) is 9.96. The molecule has 1 saturated heterocycles. The summed E-state index contributed by atoms with van der Waals surface area (Å²) in [5.41, 5.74) is 0. The molecule has 1 aliphatic heterocycles. The fraction of sp³-hybridized carbons (Fsp3) is 1.00. The van der Waals surface area contributed by atoms with Crippen molar-refractivity contribution in [2.24, 2.45) is 0 Å². The van der Waals surface area contributed by atoms with E-state index in [0.717, 1.165) is 19.6 Å². The Hall–Kier alpha value is -0.120. The predicted molar refractivity (Wildman–Crippen MR) is 48.2 cm³/mol. The standard InChI is InChI=1S/C9H19NO2/c11-7-6-10-5-4-9-3-1-2-8-12-9/h9-11H,1-8H2. The van der Waals surface area contributed by atoms with Gasteiger partial charge in [-0.2, -0.15) is 0 Å². The number of nitrogens with one attached hydrogen (secondary N) is 1. The smallest absolute Gasteiger partial charge is 0.0587 e. The van der Waals surface area contributed by atoms with Crippen LogP contribution in [0, 0.1) is 0 Å². The van der Waals surface area contributed by atoms with Crippen molar-refractivity contribution in [3.8, 4) is 0 Å². The summed E-state index contributed by atoms with van der Waals surface area (Å²) in [6.07, 6.45) is 5.29. The van der Waals surface area contributed by atoms with Crippen LogP contribution in [0.25, 0.3) is 0 Å². The minimum absolute atomic E-state index is 0.228. The maximum Gasteiger partial charge on any atom is 0.0587 e. The molecular weight excluding hydrogens is 154 g/mol. The van der Waals surface area contributed by atoms with Crippen LogP contribution in [-0.4, -0.2) is 37.5 Å². The molecule has 1 rings (SSSR count). The van der Waals surface area contributed by atoms with Gasteiger partial charge in [0, 0.05) is 13.2 Å². The Bertz CT molecular complexity index is 103. The Morgan fingerprint density at radius 1 is 1.33 bits per heavy atom. The topological polar surface area (TPSA) is 41.5 Å². The lowest BCUT2D eigenvalue weighted by Crippen LogP contribution is -2.26. The van der Waals surface area contributed by atoms with E-state index in [0.29, 0.717) is 12.6 Å². The molecule has 1 atom stereocenters. The van der Waals surface area contributed by atoms with Gasteiger partial charge in [-0.05, 0) is 32.2 Å². The minimum Gasteiger partial charge on any atom is -0.395 e. The fourth-order valence-corrected chi connectivity index (χ4v) is 1.50. The molecule has 0 amide bonds. The highest BCUT2D eigenvalue weighted by Crippen LogP contribution is 2.14. The van der Waals surface area contributed by atoms with Gasteiger partial charge < -0.3 is 15.2 Å². The van der Waals surface area contributed by atoms with E-state index in [-0.39, 0.29) is 6.61 Å². The molecule has 1 fully saturated rings. The Morgan fingerprint density at radius 2 is 2.25 bits per heavy atom. The molecule has 0 aromatic rings. The van der Waals surface area contributed by atoms with Crippen molar-refractivity contribution < 1.29 is 9.84 Å². The highest BCUT2D eigenvalue weighted by atomic mass is 16.5. The first-order chi connectivity index (χ1) is 5.93. The normalized spacial score (nSPS) is 24.2. The molecule has 0 aliphatic carbocycles. The highest BCUT2D eigenvalue weighted by Gasteiger charge is 2.12. The van der Waals surface area contributed by atoms with Crippen LogP contribution in [0.2, 0.25) is 0 Å². The van der Waals surface area contributed by atoms with E-state index in [9.17, 15) is 0 Å². The molecule has 72 valence electrons. The summed E-state index contributed by atoms with van der Waals surface area (Å²) in [6, 6.07) is 0. The van der Waals surface area contributed by atoms with E-state index < -0.39 is 0 Å². The first-order valence-corrected chi connectivity index (χ1v) is 4.86. The fourth-order valence-electron chi connectivity index (χ4n) is 1.50. The van der Waals surface area contributed by atoms with E-state index in [1.807, 2.05) is 0 Å². The molecule has 0 aromatic carbocycles. The van der Waals surface area contributed by atoms with Crippen LogP contribution in [0.15, 0.2) is 0 Å². The lowest BCUT2D eigenvalue weighted by Gasteiger charge is -2.22. The van der Waals surface area contributed by atoms with Gasteiger partial charge in [0.05, 0.1) is 12.7 Å². The molecule has 0 spiro atoms. The zero-order chi connectivity index (χ0) is 8.65. The zero-order valence-corrected chi connectivity index (χ0v) is 7.59. The molecule has 3 heteroatoms. The van der Waals surface area contributed by atoms with Crippen molar-refractivity contribution in [1.82, 2.24) is 5.32 Å². The van der Waals surface area contributed by atoms with Gasteiger partial charge in [-0.3, -0.25) is 0 Å². The van der Waals surface area contributed by atoms with E-state index >= 15 is 0 Å². The van der Waals surface area contributed by atoms with E-state index in [2.05, 4.69) is 5.32 Å². The number of ether oxygens (including phenoxy) is 1. The number of aliphatic hydroxyl groups is 1. The third kappa shape index (κ3) is 4.04. The quantitative estimate of drug-likeness (QED) is 0.596. The zero-order valence-electron chi connectivity index (χ0n) is 7.59. The van der Waals surface area contributed by atoms with Gasteiger partial charge in [0.2, 0.25) is 0 Å². The van der Waals surface area contributed by atoms with Gasteiger partial charge in [0.25, 0.3) is 0 Å². The third-order valence-electron chi connectivity index (χ3n) is 2.21. The average molecular weight is 173 g/mol. The second kappa shape index (κ2) is 6.40. The Morgan fingerprint density at radius 3 is 2.92 bits per heavy atom. The molecule has 0 bridgehead atoms. The number of hydrogen-bond acceptors (Lipinski definition) is 3. The Balaban J connectivity index is 1.91. The maximum absolute atomic E-state index is 8.51. The van der Waals surface area contributed by atoms with Crippen LogP contribution in [0.3, 0.4) is 0 Å². The number of aliphatic hydroxyl groups excluding tert-OH is 1. The summed E-state index contributed by atoms with van der Waals surface area (Å²) in [4.78, 5) is 0. The molecule has 3 nitrogen and oxygen atoms in total. The second-order valence-electron chi connectivity index (χ2n) is 3.25. The van der Waals surface area contributed by atoms with Gasteiger partial charge in [-0.15, -0.1) is 0 Å². The molecule has 0 aromatic heterocycles. The molecule has 12 heavy (non-hydrogen) atoms. The summed E-state index contributed by atoms with van der Waals surface area (Å²) in [5.74, 6) is 0. The number of rotatable bonds is 5. The van der Waals surface area contributed by atoms with Crippen LogP contribution < -0.4 is 5.32 Å². The molecule has 1 heterocycles. The Kier molecular flexibility index (Phi) is 5.32. The van der Waals surface area contributed by atoms with Gasteiger partial charge >= 0.3 is 0 Å². The molecular formula is C9H19NO2. The van der Waals surface area contributed by atoms with E-state index in [1.54, 1.807) is 0 Å². The summed E-state index contributed by atoms with van der Waals surface area (Å²) in [6.45, 7) is 2.83. The van der Waals surface area contributed by atoms with E-state index in [4.69, 9.17) is 9.84 Å². The lowest BCUT2D eigenvalue weighted by molar-refractivity contribution is 0.0115. The summed E-state index contributed by atoms with van der Waals surface area (Å²) >= 11 is 0. The number of hydrogen-bond donors (Lipinski definition) is 2. The SMILES string of the molecule is OCCNCCC1CCCCO1. The highest BCUT2D eigenvalue weighted by molar-refractivity contribution is 4.64. The van der Waals surface area contributed by atoms with Crippen LogP contribution >= 0.6 is 0 Å². The van der Waals surface area contributed by atoms with Gasteiger partial charge in [0.1, 0.15) is 0 Å².